The number of rotatable bonds is 3. The van der Waals surface area contributed by atoms with Crippen molar-refractivity contribution < 1.29 is 4.79 Å². The fraction of sp³-hybridized carbons (Fsp3) is 0.333. The Morgan fingerprint density at radius 2 is 2.20 bits per heavy atom. The number of carbonyl (C=O) groups excluding carboxylic acids is 1. The fourth-order valence-electron chi connectivity index (χ4n) is 3.37. The molecular weight excluding hydrogens is 318 g/mol. The number of para-hydroxylation sites is 1. The highest BCUT2D eigenvalue weighted by molar-refractivity contribution is 5.79. The second kappa shape index (κ2) is 6.16. The number of amides is 1. The summed E-state index contributed by atoms with van der Waals surface area (Å²) >= 11 is 0. The first-order valence-electron chi connectivity index (χ1n) is 8.36. The summed E-state index contributed by atoms with van der Waals surface area (Å²) in [6, 6.07) is 7.24. The van der Waals surface area contributed by atoms with Gasteiger partial charge in [0, 0.05) is 24.5 Å². The molecule has 3 aromatic rings. The molecule has 0 aliphatic carbocycles. The van der Waals surface area contributed by atoms with E-state index < -0.39 is 0 Å². The molecule has 1 unspecified atom stereocenters. The van der Waals surface area contributed by atoms with Crippen LogP contribution in [-0.2, 0) is 24.3 Å². The summed E-state index contributed by atoms with van der Waals surface area (Å²) in [6.45, 7) is 2.44. The quantitative estimate of drug-likeness (QED) is 0.774. The highest BCUT2D eigenvalue weighted by Crippen LogP contribution is 2.14. The average Bonchev–Trinajstić information content (AvgIpc) is 3.06. The van der Waals surface area contributed by atoms with Crippen LogP contribution in [0.15, 0.2) is 41.6 Å². The lowest BCUT2D eigenvalue weighted by Gasteiger charge is -2.25. The molecule has 0 saturated heterocycles. The van der Waals surface area contributed by atoms with Gasteiger partial charge in [-0.1, -0.05) is 12.1 Å². The van der Waals surface area contributed by atoms with Crippen LogP contribution in [0.25, 0.3) is 10.9 Å². The van der Waals surface area contributed by atoms with Crippen molar-refractivity contribution in [2.24, 2.45) is 0 Å². The van der Waals surface area contributed by atoms with Crippen molar-refractivity contribution in [1.29, 1.82) is 0 Å². The number of fused-ring (bicyclic) bond motifs is 2. The summed E-state index contributed by atoms with van der Waals surface area (Å²) < 4.78 is 3.49. The van der Waals surface area contributed by atoms with E-state index in [0.29, 0.717) is 23.3 Å². The first kappa shape index (κ1) is 15.6. The molecular formula is C18H19N5O2. The highest BCUT2D eigenvalue weighted by Gasteiger charge is 2.20. The number of hydrogen-bond donors (Lipinski definition) is 1. The molecule has 0 bridgehead atoms. The van der Waals surface area contributed by atoms with Crippen LogP contribution < -0.4 is 10.9 Å². The van der Waals surface area contributed by atoms with E-state index in [9.17, 15) is 9.59 Å². The SMILES string of the molecule is Cc1nc2ccccc2c(=O)n1CC(=O)NC1CCc2cncn2C1. The summed E-state index contributed by atoms with van der Waals surface area (Å²) in [5.74, 6) is 0.371. The minimum absolute atomic E-state index is 0.0181. The van der Waals surface area contributed by atoms with Crippen LogP contribution in [0.5, 0.6) is 0 Å². The Kier molecular flexibility index (Phi) is 3.83. The predicted octanol–water partition coefficient (Wildman–Crippen LogP) is 1.03. The zero-order valence-corrected chi connectivity index (χ0v) is 14.0. The second-order valence-corrected chi connectivity index (χ2v) is 6.41. The molecule has 0 spiro atoms. The van der Waals surface area contributed by atoms with Gasteiger partial charge in [0.2, 0.25) is 5.91 Å². The van der Waals surface area contributed by atoms with Crippen molar-refractivity contribution in [2.45, 2.75) is 38.9 Å². The number of nitrogens with one attached hydrogen (secondary N) is 1. The molecule has 7 nitrogen and oxygen atoms in total. The molecule has 1 N–H and O–H groups in total. The first-order chi connectivity index (χ1) is 12.1. The lowest BCUT2D eigenvalue weighted by atomic mass is 10.1. The van der Waals surface area contributed by atoms with Crippen molar-refractivity contribution in [3.8, 4) is 0 Å². The number of nitrogens with zero attached hydrogens (tertiary/aromatic N) is 4. The van der Waals surface area contributed by atoms with Crippen molar-refractivity contribution in [3.05, 3.63) is 58.7 Å². The molecule has 1 aliphatic heterocycles. The zero-order valence-electron chi connectivity index (χ0n) is 14.0. The van der Waals surface area contributed by atoms with Gasteiger partial charge in [-0.2, -0.15) is 0 Å². The standard InChI is InChI=1S/C18H19N5O2/c1-12-20-16-5-3-2-4-15(16)18(25)23(12)10-17(24)21-13-6-7-14-8-19-11-22(14)9-13/h2-5,8,11,13H,6-7,9-10H2,1H3,(H,21,24). The third kappa shape index (κ3) is 2.93. The molecule has 128 valence electrons. The van der Waals surface area contributed by atoms with Crippen molar-refractivity contribution in [3.63, 3.8) is 0 Å². The molecule has 0 radical (unpaired) electrons. The zero-order chi connectivity index (χ0) is 17.4. The molecule has 0 fully saturated rings. The van der Waals surface area contributed by atoms with Crippen LogP contribution in [0.1, 0.15) is 17.9 Å². The smallest absolute Gasteiger partial charge is 0.261 e. The number of aromatic nitrogens is 4. The van der Waals surface area contributed by atoms with Gasteiger partial charge in [0.15, 0.2) is 0 Å². The Morgan fingerprint density at radius 1 is 1.36 bits per heavy atom. The summed E-state index contributed by atoms with van der Waals surface area (Å²) in [5.41, 5.74) is 1.66. The monoisotopic (exact) mass is 337 g/mol. The van der Waals surface area contributed by atoms with Crippen LogP contribution >= 0.6 is 0 Å². The topological polar surface area (TPSA) is 81.8 Å². The highest BCUT2D eigenvalue weighted by atomic mass is 16.2. The summed E-state index contributed by atoms with van der Waals surface area (Å²) in [6.07, 6.45) is 5.42. The van der Waals surface area contributed by atoms with Crippen LogP contribution in [-0.4, -0.2) is 31.1 Å². The summed E-state index contributed by atoms with van der Waals surface area (Å²) in [7, 11) is 0. The van der Waals surface area contributed by atoms with Crippen LogP contribution in [0, 0.1) is 6.92 Å². The summed E-state index contributed by atoms with van der Waals surface area (Å²) in [5, 5.41) is 3.55. The average molecular weight is 337 g/mol. The molecule has 7 heteroatoms. The van der Waals surface area contributed by atoms with Crippen LogP contribution in [0.4, 0.5) is 0 Å². The van der Waals surface area contributed by atoms with Crippen molar-refractivity contribution >= 4 is 16.8 Å². The molecule has 4 rings (SSSR count). The Labute approximate surface area is 144 Å². The van der Waals surface area contributed by atoms with Gasteiger partial charge in [0.1, 0.15) is 12.4 Å². The third-order valence-electron chi connectivity index (χ3n) is 4.68. The maximum atomic E-state index is 12.6. The molecule has 0 saturated carbocycles. The Hall–Kier alpha value is -2.96. The van der Waals surface area contributed by atoms with E-state index in [0.717, 1.165) is 12.8 Å². The van der Waals surface area contributed by atoms with E-state index in [1.807, 2.05) is 12.3 Å². The maximum Gasteiger partial charge on any atom is 0.261 e. The van der Waals surface area contributed by atoms with Gasteiger partial charge in [-0.15, -0.1) is 0 Å². The van der Waals surface area contributed by atoms with Gasteiger partial charge in [0.25, 0.3) is 5.56 Å². The van der Waals surface area contributed by atoms with Gasteiger partial charge in [-0.05, 0) is 31.9 Å². The van der Waals surface area contributed by atoms with E-state index in [1.165, 1.54) is 10.3 Å². The van der Waals surface area contributed by atoms with Crippen LogP contribution in [0.2, 0.25) is 0 Å². The number of aryl methyl sites for hydroxylation is 2. The van der Waals surface area contributed by atoms with E-state index in [4.69, 9.17) is 0 Å². The lowest BCUT2D eigenvalue weighted by molar-refractivity contribution is -0.122. The number of imidazole rings is 1. The van der Waals surface area contributed by atoms with Gasteiger partial charge in [-0.25, -0.2) is 9.97 Å². The van der Waals surface area contributed by atoms with Crippen LogP contribution in [0.3, 0.4) is 0 Å². The minimum atomic E-state index is -0.182. The molecule has 1 aliphatic rings. The van der Waals surface area contributed by atoms with E-state index in [2.05, 4.69) is 19.9 Å². The first-order valence-corrected chi connectivity index (χ1v) is 8.36. The number of carbonyl (C=O) groups is 1. The third-order valence-corrected chi connectivity index (χ3v) is 4.68. The molecule has 2 aromatic heterocycles. The molecule has 25 heavy (non-hydrogen) atoms. The number of benzene rings is 1. The van der Waals surface area contributed by atoms with Gasteiger partial charge in [0.05, 0.1) is 17.2 Å². The van der Waals surface area contributed by atoms with Gasteiger partial charge < -0.3 is 9.88 Å². The summed E-state index contributed by atoms with van der Waals surface area (Å²) in [4.78, 5) is 33.6. The largest absolute Gasteiger partial charge is 0.350 e. The normalized spacial score (nSPS) is 16.6. The second-order valence-electron chi connectivity index (χ2n) is 6.41. The van der Waals surface area contributed by atoms with Gasteiger partial charge >= 0.3 is 0 Å². The Bertz CT molecular complexity index is 1000. The molecule has 3 heterocycles. The van der Waals surface area contributed by atoms with E-state index >= 15 is 0 Å². The van der Waals surface area contributed by atoms with Crippen molar-refractivity contribution in [2.75, 3.05) is 0 Å². The van der Waals surface area contributed by atoms with E-state index in [-0.39, 0.29) is 24.1 Å². The Balaban J connectivity index is 1.52. The maximum absolute atomic E-state index is 12.6. The molecule has 1 atom stereocenters. The minimum Gasteiger partial charge on any atom is -0.350 e. The molecule has 1 aromatic carbocycles. The van der Waals surface area contributed by atoms with Crippen molar-refractivity contribution in [1.82, 2.24) is 24.4 Å². The predicted molar refractivity (Wildman–Crippen MR) is 93.2 cm³/mol. The molecule has 1 amide bonds. The van der Waals surface area contributed by atoms with E-state index in [1.54, 1.807) is 31.5 Å². The lowest BCUT2D eigenvalue weighted by Crippen LogP contribution is -2.43. The number of hydrogen-bond acceptors (Lipinski definition) is 4. The Morgan fingerprint density at radius 3 is 3.08 bits per heavy atom. The fourth-order valence-corrected chi connectivity index (χ4v) is 3.37. The van der Waals surface area contributed by atoms with Gasteiger partial charge in [-0.3, -0.25) is 14.2 Å².